The lowest BCUT2D eigenvalue weighted by Crippen LogP contribution is -2.35. The van der Waals surface area contributed by atoms with E-state index < -0.39 is 15.3 Å². The highest BCUT2D eigenvalue weighted by Crippen LogP contribution is 2.34. The van der Waals surface area contributed by atoms with Crippen molar-refractivity contribution in [1.82, 2.24) is 9.21 Å². The van der Waals surface area contributed by atoms with Crippen molar-refractivity contribution in [1.29, 1.82) is 0 Å². The van der Waals surface area contributed by atoms with Gasteiger partial charge in [-0.1, -0.05) is 49.9 Å². The molecule has 1 saturated heterocycles. The number of amides is 2. The summed E-state index contributed by atoms with van der Waals surface area (Å²) in [6, 6.07) is 10.6. The number of sulfonamides is 1. The first-order valence-electron chi connectivity index (χ1n) is 12.6. The molecule has 1 fully saturated rings. The van der Waals surface area contributed by atoms with Gasteiger partial charge in [-0.3, -0.25) is 14.5 Å². The number of anilines is 1. The summed E-state index contributed by atoms with van der Waals surface area (Å²) in [5.41, 5.74) is 3.87. The summed E-state index contributed by atoms with van der Waals surface area (Å²) in [4.78, 5) is 32.6. The number of rotatable bonds is 11. The minimum Gasteiger partial charge on any atom is -0.383 e. The summed E-state index contributed by atoms with van der Waals surface area (Å²) in [6.45, 7) is 10.6. The fourth-order valence-electron chi connectivity index (χ4n) is 4.17. The van der Waals surface area contributed by atoms with E-state index in [9.17, 15) is 18.0 Å². The monoisotopic (exact) mass is 560 g/mol. The van der Waals surface area contributed by atoms with E-state index in [2.05, 4.69) is 5.32 Å². The molecule has 11 heteroatoms. The number of ether oxygens (including phenoxy) is 1. The summed E-state index contributed by atoms with van der Waals surface area (Å²) in [7, 11) is -2.13. The number of hydrogen-bond donors (Lipinski definition) is 1. The SMILES string of the molecule is CCN(CC)S(=O)(=O)c1ccc(C)c(N=C2SC(CC(=O)Nc3c(C)cccc3C)C(=O)N2CCOC)c1. The van der Waals surface area contributed by atoms with E-state index in [0.717, 1.165) is 22.4 Å². The first-order chi connectivity index (χ1) is 18.0. The topological polar surface area (TPSA) is 108 Å². The molecule has 1 aliphatic rings. The van der Waals surface area contributed by atoms with Crippen LogP contribution in [0.5, 0.6) is 0 Å². The van der Waals surface area contributed by atoms with E-state index in [1.165, 1.54) is 27.0 Å². The van der Waals surface area contributed by atoms with Gasteiger partial charge in [0, 0.05) is 32.3 Å². The van der Waals surface area contributed by atoms with Crippen LogP contribution in [-0.2, 0) is 24.3 Å². The molecule has 0 bridgehead atoms. The fourth-order valence-corrected chi connectivity index (χ4v) is 6.83. The van der Waals surface area contributed by atoms with Crippen LogP contribution in [-0.4, -0.2) is 73.2 Å². The second-order valence-electron chi connectivity index (χ2n) is 9.04. The summed E-state index contributed by atoms with van der Waals surface area (Å²) in [6.07, 6.45) is -0.0187. The lowest BCUT2D eigenvalue weighted by molar-refractivity contribution is -0.128. The predicted molar refractivity (Wildman–Crippen MR) is 153 cm³/mol. The van der Waals surface area contributed by atoms with Crippen molar-refractivity contribution in [2.75, 3.05) is 38.7 Å². The maximum absolute atomic E-state index is 13.3. The van der Waals surface area contributed by atoms with Gasteiger partial charge in [0.05, 0.1) is 23.7 Å². The fraction of sp³-hybridized carbons (Fsp3) is 0.444. The minimum absolute atomic E-state index is 0.0187. The highest BCUT2D eigenvalue weighted by molar-refractivity contribution is 8.15. The molecule has 0 aliphatic carbocycles. The van der Waals surface area contributed by atoms with Gasteiger partial charge in [-0.25, -0.2) is 13.4 Å². The minimum atomic E-state index is -3.67. The van der Waals surface area contributed by atoms with Crippen LogP contribution in [0.2, 0.25) is 0 Å². The Balaban J connectivity index is 1.90. The number of amidine groups is 1. The van der Waals surface area contributed by atoms with Gasteiger partial charge in [-0.05, 0) is 49.6 Å². The summed E-state index contributed by atoms with van der Waals surface area (Å²) < 4.78 is 32.7. The summed E-state index contributed by atoms with van der Waals surface area (Å²) in [5.74, 6) is -0.489. The number of carbonyl (C=O) groups excluding carboxylic acids is 2. The molecular weight excluding hydrogens is 524 g/mol. The first-order valence-corrected chi connectivity index (χ1v) is 14.9. The number of aryl methyl sites for hydroxylation is 3. The Morgan fingerprint density at radius 2 is 1.76 bits per heavy atom. The Hall–Kier alpha value is -2.73. The molecule has 1 aliphatic heterocycles. The molecule has 1 unspecified atom stereocenters. The first kappa shape index (κ1) is 29.8. The van der Waals surface area contributed by atoms with Crippen molar-refractivity contribution in [3.63, 3.8) is 0 Å². The van der Waals surface area contributed by atoms with E-state index in [1.54, 1.807) is 33.1 Å². The molecule has 0 spiro atoms. The third kappa shape index (κ3) is 6.63. The summed E-state index contributed by atoms with van der Waals surface area (Å²) in [5, 5.41) is 2.70. The van der Waals surface area contributed by atoms with Crippen molar-refractivity contribution >= 4 is 50.1 Å². The van der Waals surface area contributed by atoms with Crippen LogP contribution in [0.25, 0.3) is 0 Å². The second-order valence-corrected chi connectivity index (χ2v) is 12.1. The third-order valence-electron chi connectivity index (χ3n) is 6.40. The van der Waals surface area contributed by atoms with Crippen molar-refractivity contribution in [3.8, 4) is 0 Å². The van der Waals surface area contributed by atoms with Crippen LogP contribution in [0.3, 0.4) is 0 Å². The number of nitrogens with zero attached hydrogens (tertiary/aromatic N) is 3. The van der Waals surface area contributed by atoms with E-state index in [4.69, 9.17) is 9.73 Å². The van der Waals surface area contributed by atoms with Gasteiger partial charge in [0.1, 0.15) is 5.25 Å². The Kier molecular flexibility index (Phi) is 10.1. The molecule has 9 nitrogen and oxygen atoms in total. The molecule has 1 heterocycles. The van der Waals surface area contributed by atoms with Crippen LogP contribution < -0.4 is 5.32 Å². The molecule has 1 N–H and O–H groups in total. The van der Waals surface area contributed by atoms with E-state index in [-0.39, 0.29) is 29.7 Å². The van der Waals surface area contributed by atoms with Crippen molar-refractivity contribution in [2.45, 2.75) is 51.2 Å². The van der Waals surface area contributed by atoms with Gasteiger partial charge in [-0.2, -0.15) is 4.31 Å². The smallest absolute Gasteiger partial charge is 0.243 e. The maximum atomic E-state index is 13.3. The van der Waals surface area contributed by atoms with Crippen LogP contribution in [0.15, 0.2) is 46.3 Å². The Labute approximate surface area is 229 Å². The van der Waals surface area contributed by atoms with Gasteiger partial charge in [0.2, 0.25) is 21.8 Å². The van der Waals surface area contributed by atoms with Gasteiger partial charge in [0.25, 0.3) is 0 Å². The van der Waals surface area contributed by atoms with E-state index in [1.807, 2.05) is 39.0 Å². The molecule has 0 aromatic heterocycles. The molecule has 2 amide bonds. The van der Waals surface area contributed by atoms with E-state index >= 15 is 0 Å². The van der Waals surface area contributed by atoms with E-state index in [0.29, 0.717) is 30.6 Å². The molecule has 1 atom stereocenters. The molecular formula is C27H36N4O5S2. The number of hydrogen-bond acceptors (Lipinski definition) is 7. The number of thioether (sulfide) groups is 1. The predicted octanol–water partition coefficient (Wildman–Crippen LogP) is 4.25. The van der Waals surface area contributed by atoms with Crippen LogP contribution in [0, 0.1) is 20.8 Å². The van der Waals surface area contributed by atoms with Crippen molar-refractivity contribution in [2.24, 2.45) is 4.99 Å². The Bertz CT molecular complexity index is 1300. The Morgan fingerprint density at radius 3 is 2.37 bits per heavy atom. The molecule has 2 aromatic carbocycles. The lowest BCUT2D eigenvalue weighted by atomic mass is 10.1. The van der Waals surface area contributed by atoms with Crippen LogP contribution >= 0.6 is 11.8 Å². The average Bonchev–Trinajstić information content (AvgIpc) is 3.15. The van der Waals surface area contributed by atoms with Gasteiger partial charge in [0.15, 0.2) is 5.17 Å². The maximum Gasteiger partial charge on any atom is 0.243 e. The lowest BCUT2D eigenvalue weighted by Gasteiger charge is -2.19. The zero-order valence-corrected chi connectivity index (χ0v) is 24.4. The largest absolute Gasteiger partial charge is 0.383 e. The Morgan fingerprint density at radius 1 is 1.11 bits per heavy atom. The molecule has 206 valence electrons. The van der Waals surface area contributed by atoms with Gasteiger partial charge >= 0.3 is 0 Å². The zero-order valence-electron chi connectivity index (χ0n) is 22.8. The normalized spacial score (nSPS) is 17.0. The quantitative estimate of drug-likeness (QED) is 0.440. The number of benzene rings is 2. The number of nitrogens with one attached hydrogen (secondary N) is 1. The van der Waals surface area contributed by atoms with Crippen LogP contribution in [0.1, 0.15) is 37.0 Å². The molecule has 38 heavy (non-hydrogen) atoms. The average molecular weight is 561 g/mol. The highest BCUT2D eigenvalue weighted by atomic mass is 32.2. The highest BCUT2D eigenvalue weighted by Gasteiger charge is 2.39. The number of methoxy groups -OCH3 is 1. The molecule has 2 aromatic rings. The number of aliphatic imine (C=N–C) groups is 1. The summed E-state index contributed by atoms with van der Waals surface area (Å²) >= 11 is 1.21. The molecule has 0 radical (unpaired) electrons. The van der Waals surface area contributed by atoms with Crippen LogP contribution in [0.4, 0.5) is 11.4 Å². The van der Waals surface area contributed by atoms with Gasteiger partial charge < -0.3 is 10.1 Å². The molecule has 3 rings (SSSR count). The zero-order chi connectivity index (χ0) is 28.0. The standard InChI is InChI=1S/C27H36N4O5S2/c1-7-30(8-2)38(34,35)21-13-12-18(3)22(16-21)28-27-31(14-15-36-6)26(33)23(37-27)17-24(32)29-25-19(4)10-9-11-20(25)5/h9-13,16,23H,7-8,14-15,17H2,1-6H3,(H,29,32). The number of carbonyl (C=O) groups is 2. The second kappa shape index (κ2) is 12.9. The van der Waals surface area contributed by atoms with Gasteiger partial charge in [-0.15, -0.1) is 0 Å². The van der Waals surface area contributed by atoms with Crippen molar-refractivity contribution < 1.29 is 22.7 Å². The third-order valence-corrected chi connectivity index (χ3v) is 9.62. The number of para-hydroxylation sites is 1. The molecule has 0 saturated carbocycles. The van der Waals surface area contributed by atoms with Crippen molar-refractivity contribution in [3.05, 3.63) is 53.1 Å².